The number of hydrogen-bond acceptors (Lipinski definition) is 3. The third kappa shape index (κ3) is 3.91. The van der Waals surface area contributed by atoms with Gasteiger partial charge in [0.25, 0.3) is 5.56 Å². The first kappa shape index (κ1) is 22.3. The number of benzene rings is 3. The lowest BCUT2D eigenvalue weighted by molar-refractivity contribution is 0.585. The van der Waals surface area contributed by atoms with Crippen LogP contribution in [-0.4, -0.2) is 4.57 Å². The molecule has 3 nitrogen and oxygen atoms in total. The third-order valence-electron chi connectivity index (χ3n) is 6.96. The summed E-state index contributed by atoms with van der Waals surface area (Å²) >= 11 is 7.68. The zero-order valence-corrected chi connectivity index (χ0v) is 21.2. The van der Waals surface area contributed by atoms with E-state index in [1.54, 1.807) is 0 Å². The van der Waals surface area contributed by atoms with Gasteiger partial charge in [0.05, 0.1) is 16.3 Å². The molecule has 0 saturated heterocycles. The summed E-state index contributed by atoms with van der Waals surface area (Å²) in [5.74, 6) is 0.475. The smallest absolute Gasteiger partial charge is 0.271 e. The molecule has 2 heterocycles. The molecule has 5 heteroatoms. The van der Waals surface area contributed by atoms with Crippen LogP contribution in [-0.2, 0) is 6.42 Å². The minimum absolute atomic E-state index is 0.00652. The van der Waals surface area contributed by atoms with Crippen molar-refractivity contribution in [3.8, 4) is 0 Å². The number of thiazole rings is 1. The van der Waals surface area contributed by atoms with E-state index in [9.17, 15) is 4.79 Å². The molecule has 0 N–H and O–H groups in total. The van der Waals surface area contributed by atoms with Crippen molar-refractivity contribution in [3.05, 3.63) is 131 Å². The maximum atomic E-state index is 13.8. The lowest BCUT2D eigenvalue weighted by Crippen LogP contribution is -2.38. The van der Waals surface area contributed by atoms with Crippen LogP contribution in [0.25, 0.3) is 11.8 Å². The van der Waals surface area contributed by atoms with Crippen molar-refractivity contribution in [2.75, 3.05) is 0 Å². The van der Waals surface area contributed by atoms with Crippen LogP contribution in [0.4, 0.5) is 0 Å². The second-order valence-electron chi connectivity index (χ2n) is 9.49. The number of halogens is 1. The maximum absolute atomic E-state index is 13.8. The standard InChI is InChI=1S/C30H25ClN2OS/c1-18(2)20-9-7-19(8-10-20)17-26-29(34)33-28(22-11-14-23(31)15-12-22)25-16-13-21-5-3-4-6-24(21)27(25)32-30(33)35-26/h3-12,14-15,17-18,28H,13,16H2,1-2H3. The number of fused-ring (bicyclic) bond motifs is 3. The van der Waals surface area contributed by atoms with Crippen molar-refractivity contribution in [1.82, 2.24) is 4.57 Å². The summed E-state index contributed by atoms with van der Waals surface area (Å²) in [6.45, 7) is 4.37. The molecule has 1 atom stereocenters. The first-order valence-electron chi connectivity index (χ1n) is 12.0. The molecule has 174 valence electrons. The summed E-state index contributed by atoms with van der Waals surface area (Å²) in [7, 11) is 0. The molecule has 0 radical (unpaired) electrons. The van der Waals surface area contributed by atoms with Crippen LogP contribution < -0.4 is 14.9 Å². The number of allylic oxidation sites excluding steroid dienone is 1. The molecule has 1 aromatic heterocycles. The fourth-order valence-corrected chi connectivity index (χ4v) is 6.22. The number of rotatable bonds is 3. The van der Waals surface area contributed by atoms with Crippen molar-refractivity contribution >= 4 is 34.7 Å². The van der Waals surface area contributed by atoms with E-state index < -0.39 is 0 Å². The highest BCUT2D eigenvalue weighted by molar-refractivity contribution is 7.07. The van der Waals surface area contributed by atoms with E-state index >= 15 is 0 Å². The van der Waals surface area contributed by atoms with Gasteiger partial charge < -0.3 is 0 Å². The normalized spacial score (nSPS) is 17.1. The van der Waals surface area contributed by atoms with Crippen LogP contribution in [0, 0.1) is 0 Å². The van der Waals surface area contributed by atoms with Crippen molar-refractivity contribution in [2.24, 2.45) is 4.99 Å². The first-order chi connectivity index (χ1) is 17.0. The third-order valence-corrected chi connectivity index (χ3v) is 8.19. The van der Waals surface area contributed by atoms with Crippen molar-refractivity contribution in [3.63, 3.8) is 0 Å². The molecule has 0 saturated carbocycles. The molecule has 6 rings (SSSR count). The largest absolute Gasteiger partial charge is 0.272 e. The SMILES string of the molecule is CC(C)c1ccc(C=c2sc3n(c2=O)C(c2ccc(Cl)cc2)C2=C(N=3)c3ccccc3CC2)cc1. The van der Waals surface area contributed by atoms with Gasteiger partial charge in [-0.1, -0.05) is 97.4 Å². The number of aromatic nitrogens is 1. The first-order valence-corrected chi connectivity index (χ1v) is 13.2. The Balaban J connectivity index is 1.57. The molecule has 1 aliphatic carbocycles. The monoisotopic (exact) mass is 496 g/mol. The molecule has 1 aliphatic heterocycles. The quantitative estimate of drug-likeness (QED) is 0.337. The van der Waals surface area contributed by atoms with Gasteiger partial charge >= 0.3 is 0 Å². The zero-order valence-electron chi connectivity index (χ0n) is 19.7. The lowest BCUT2D eigenvalue weighted by atomic mass is 9.83. The van der Waals surface area contributed by atoms with Crippen LogP contribution in [0.1, 0.15) is 60.0 Å². The Kier molecular flexibility index (Phi) is 5.58. The van der Waals surface area contributed by atoms with Gasteiger partial charge in [-0.05, 0) is 64.8 Å². The number of hydrogen-bond donors (Lipinski definition) is 0. The van der Waals surface area contributed by atoms with Crippen LogP contribution in [0.3, 0.4) is 0 Å². The Morgan fingerprint density at radius 3 is 2.49 bits per heavy atom. The number of aryl methyl sites for hydroxylation is 1. The Hall–Kier alpha value is -3.21. The second kappa shape index (κ2) is 8.78. The van der Waals surface area contributed by atoms with Crippen molar-refractivity contribution in [2.45, 2.75) is 38.6 Å². The van der Waals surface area contributed by atoms with Gasteiger partial charge in [0, 0.05) is 10.6 Å². The van der Waals surface area contributed by atoms with E-state index in [1.165, 1.54) is 33.6 Å². The van der Waals surface area contributed by atoms with E-state index in [-0.39, 0.29) is 11.6 Å². The van der Waals surface area contributed by atoms with Crippen LogP contribution >= 0.6 is 22.9 Å². The van der Waals surface area contributed by atoms with E-state index in [0.717, 1.165) is 34.5 Å². The summed E-state index contributed by atoms with van der Waals surface area (Å²) in [5, 5.41) is 0.689. The highest BCUT2D eigenvalue weighted by Gasteiger charge is 2.32. The van der Waals surface area contributed by atoms with Crippen molar-refractivity contribution in [1.29, 1.82) is 0 Å². The molecule has 0 fully saturated rings. The molecule has 0 bridgehead atoms. The van der Waals surface area contributed by atoms with Gasteiger partial charge in [0.15, 0.2) is 4.80 Å². The molecule has 1 unspecified atom stereocenters. The highest BCUT2D eigenvalue weighted by atomic mass is 35.5. The Morgan fingerprint density at radius 2 is 1.74 bits per heavy atom. The van der Waals surface area contributed by atoms with Gasteiger partial charge in [-0.3, -0.25) is 9.36 Å². The van der Waals surface area contributed by atoms with E-state index in [1.807, 2.05) is 34.9 Å². The van der Waals surface area contributed by atoms with Crippen molar-refractivity contribution < 1.29 is 0 Å². The van der Waals surface area contributed by atoms with Crippen LogP contribution in [0.2, 0.25) is 5.02 Å². The maximum Gasteiger partial charge on any atom is 0.271 e. The van der Waals surface area contributed by atoms with E-state index in [2.05, 4.69) is 62.4 Å². The predicted molar refractivity (Wildman–Crippen MR) is 145 cm³/mol. The molecule has 3 aromatic carbocycles. The van der Waals surface area contributed by atoms with Gasteiger partial charge in [0.1, 0.15) is 0 Å². The predicted octanol–water partition coefficient (Wildman–Crippen LogP) is 6.10. The fraction of sp³-hybridized carbons (Fsp3) is 0.200. The topological polar surface area (TPSA) is 34.4 Å². The molecule has 35 heavy (non-hydrogen) atoms. The minimum Gasteiger partial charge on any atom is -0.272 e. The molecular formula is C30H25ClN2OS. The summed E-state index contributed by atoms with van der Waals surface area (Å²) in [6.07, 6.45) is 3.81. The Bertz CT molecular complexity index is 1640. The fourth-order valence-electron chi connectivity index (χ4n) is 5.10. The molecule has 4 aromatic rings. The highest BCUT2D eigenvalue weighted by Crippen LogP contribution is 2.41. The molecule has 0 spiro atoms. The van der Waals surface area contributed by atoms with E-state index in [0.29, 0.717) is 15.5 Å². The van der Waals surface area contributed by atoms with Crippen LogP contribution in [0.15, 0.2) is 88.2 Å². The molecule has 0 amide bonds. The van der Waals surface area contributed by atoms with Gasteiger partial charge in [-0.2, -0.15) is 0 Å². The molecule has 2 aliphatic rings. The Morgan fingerprint density at radius 1 is 1.00 bits per heavy atom. The lowest BCUT2D eigenvalue weighted by Gasteiger charge is -2.30. The second-order valence-corrected chi connectivity index (χ2v) is 10.9. The summed E-state index contributed by atoms with van der Waals surface area (Å²) in [5.41, 5.74) is 8.09. The average molecular weight is 497 g/mol. The number of nitrogens with zero attached hydrogens (tertiary/aromatic N) is 2. The molecular weight excluding hydrogens is 472 g/mol. The van der Waals surface area contributed by atoms with Crippen LogP contribution in [0.5, 0.6) is 0 Å². The minimum atomic E-state index is -0.183. The zero-order chi connectivity index (χ0) is 24.1. The van der Waals surface area contributed by atoms with Gasteiger partial charge in [-0.15, -0.1) is 0 Å². The Labute approximate surface area is 213 Å². The summed E-state index contributed by atoms with van der Waals surface area (Å²) in [4.78, 5) is 19.6. The summed E-state index contributed by atoms with van der Waals surface area (Å²) < 4.78 is 2.59. The van der Waals surface area contributed by atoms with E-state index in [4.69, 9.17) is 16.6 Å². The average Bonchev–Trinajstić information content (AvgIpc) is 3.18. The van der Waals surface area contributed by atoms with Gasteiger partial charge in [-0.25, -0.2) is 4.99 Å². The van der Waals surface area contributed by atoms with Gasteiger partial charge in [0.2, 0.25) is 0 Å². The summed E-state index contributed by atoms with van der Waals surface area (Å²) in [6, 6.07) is 24.6.